The second kappa shape index (κ2) is 5.97. The zero-order valence-corrected chi connectivity index (χ0v) is 8.44. The average Bonchev–Trinajstić information content (AvgIpc) is 2.57. The fraction of sp³-hybridized carbons (Fsp3) is 0.900. The van der Waals surface area contributed by atoms with Crippen LogP contribution in [0.1, 0.15) is 39.0 Å². The number of carbonyl (C=O) groups excluding carboxylic acids is 1. The van der Waals surface area contributed by atoms with Crippen molar-refractivity contribution in [2.45, 2.75) is 45.1 Å². The molecule has 3 heteroatoms. The summed E-state index contributed by atoms with van der Waals surface area (Å²) in [7, 11) is 0. The van der Waals surface area contributed by atoms with E-state index in [1.54, 1.807) is 0 Å². The molecule has 1 atom stereocenters. The Morgan fingerprint density at radius 3 is 3.08 bits per heavy atom. The van der Waals surface area contributed by atoms with Crippen LogP contribution in [0.3, 0.4) is 0 Å². The smallest absolute Gasteiger partial charge is 0.219 e. The van der Waals surface area contributed by atoms with E-state index < -0.39 is 0 Å². The van der Waals surface area contributed by atoms with E-state index in [0.29, 0.717) is 12.5 Å². The van der Waals surface area contributed by atoms with Crippen LogP contribution in [0.2, 0.25) is 0 Å². The number of nitrogens with one attached hydrogen (secondary N) is 2. The molecule has 1 amide bonds. The first-order valence-corrected chi connectivity index (χ1v) is 5.33. The van der Waals surface area contributed by atoms with Crippen molar-refractivity contribution in [1.29, 1.82) is 0 Å². The lowest BCUT2D eigenvalue weighted by molar-refractivity contribution is -0.121. The highest BCUT2D eigenvalue weighted by molar-refractivity contribution is 5.75. The third kappa shape index (κ3) is 4.27. The molecule has 76 valence electrons. The summed E-state index contributed by atoms with van der Waals surface area (Å²) in [6.07, 6.45) is 5.23. The molecule has 0 aromatic heterocycles. The fourth-order valence-corrected chi connectivity index (χ4v) is 1.70. The molecule has 0 aliphatic carbocycles. The molecule has 0 spiro atoms. The lowest BCUT2D eigenvalue weighted by Crippen LogP contribution is -2.30. The van der Waals surface area contributed by atoms with E-state index in [1.807, 2.05) is 6.92 Å². The average molecular weight is 184 g/mol. The van der Waals surface area contributed by atoms with Crippen molar-refractivity contribution in [2.75, 3.05) is 13.1 Å². The number of amides is 1. The van der Waals surface area contributed by atoms with Crippen LogP contribution in [0.5, 0.6) is 0 Å². The van der Waals surface area contributed by atoms with Gasteiger partial charge in [-0.3, -0.25) is 4.79 Å². The maximum Gasteiger partial charge on any atom is 0.219 e. The Bertz CT molecular complexity index is 153. The maximum atomic E-state index is 11.1. The highest BCUT2D eigenvalue weighted by atomic mass is 16.1. The molecule has 0 saturated carbocycles. The topological polar surface area (TPSA) is 41.1 Å². The zero-order valence-electron chi connectivity index (χ0n) is 8.44. The number of rotatable bonds is 5. The normalized spacial score (nSPS) is 21.8. The Morgan fingerprint density at radius 1 is 1.62 bits per heavy atom. The molecule has 1 fully saturated rings. The molecule has 1 aliphatic rings. The van der Waals surface area contributed by atoms with Gasteiger partial charge in [0.25, 0.3) is 0 Å². The first-order valence-electron chi connectivity index (χ1n) is 5.33. The van der Waals surface area contributed by atoms with Gasteiger partial charge in [0.15, 0.2) is 0 Å². The molecule has 2 N–H and O–H groups in total. The third-order valence-electron chi connectivity index (χ3n) is 2.45. The molecule has 3 nitrogen and oxygen atoms in total. The summed E-state index contributed by atoms with van der Waals surface area (Å²) in [5.74, 6) is 0.195. The zero-order chi connectivity index (χ0) is 9.52. The molecule has 0 radical (unpaired) electrons. The van der Waals surface area contributed by atoms with Gasteiger partial charge in [-0.2, -0.15) is 0 Å². The summed E-state index contributed by atoms with van der Waals surface area (Å²) in [5, 5.41) is 6.34. The second-order valence-electron chi connectivity index (χ2n) is 3.68. The summed E-state index contributed by atoms with van der Waals surface area (Å²) in [6, 6.07) is 0.641. The maximum absolute atomic E-state index is 11.1. The van der Waals surface area contributed by atoms with Crippen LogP contribution in [-0.4, -0.2) is 25.0 Å². The quantitative estimate of drug-likeness (QED) is 0.670. The van der Waals surface area contributed by atoms with Crippen molar-refractivity contribution in [3.05, 3.63) is 0 Å². The standard InChI is InChI=1S/C10H20N2O/c1-2-4-10(13)12-8-6-9-5-3-7-11-9/h9,11H,2-8H2,1H3,(H,12,13)/t9-/m0/s1. The van der Waals surface area contributed by atoms with E-state index in [4.69, 9.17) is 0 Å². The van der Waals surface area contributed by atoms with Gasteiger partial charge in [-0.1, -0.05) is 6.92 Å². The largest absolute Gasteiger partial charge is 0.356 e. The Kier molecular flexibility index (Phi) is 4.83. The third-order valence-corrected chi connectivity index (χ3v) is 2.45. The van der Waals surface area contributed by atoms with Crippen molar-refractivity contribution < 1.29 is 4.79 Å². The van der Waals surface area contributed by atoms with Crippen molar-refractivity contribution in [3.8, 4) is 0 Å². The van der Waals surface area contributed by atoms with Crippen molar-refractivity contribution in [2.24, 2.45) is 0 Å². The minimum atomic E-state index is 0.195. The molecule has 1 aliphatic heterocycles. The van der Waals surface area contributed by atoms with E-state index in [2.05, 4.69) is 10.6 Å². The number of hydrogen-bond donors (Lipinski definition) is 2. The van der Waals surface area contributed by atoms with Crippen LogP contribution >= 0.6 is 0 Å². The van der Waals surface area contributed by atoms with Crippen molar-refractivity contribution in [3.63, 3.8) is 0 Å². The van der Waals surface area contributed by atoms with Crippen LogP contribution in [-0.2, 0) is 4.79 Å². The van der Waals surface area contributed by atoms with Crippen LogP contribution < -0.4 is 10.6 Å². The Hall–Kier alpha value is -0.570. The van der Waals surface area contributed by atoms with E-state index >= 15 is 0 Å². The van der Waals surface area contributed by atoms with Gasteiger partial charge < -0.3 is 10.6 Å². The molecule has 1 rings (SSSR count). The van der Waals surface area contributed by atoms with Gasteiger partial charge in [0, 0.05) is 19.0 Å². The van der Waals surface area contributed by atoms with Crippen molar-refractivity contribution >= 4 is 5.91 Å². The molecule has 0 aromatic rings. The SMILES string of the molecule is CCCC(=O)NCC[C@@H]1CCCN1. The second-order valence-corrected chi connectivity index (χ2v) is 3.68. The Labute approximate surface area is 80.3 Å². The minimum Gasteiger partial charge on any atom is -0.356 e. The monoisotopic (exact) mass is 184 g/mol. The highest BCUT2D eigenvalue weighted by Gasteiger charge is 2.13. The van der Waals surface area contributed by atoms with Gasteiger partial charge in [-0.05, 0) is 32.2 Å². The van der Waals surface area contributed by atoms with Crippen molar-refractivity contribution in [1.82, 2.24) is 10.6 Å². The van der Waals surface area contributed by atoms with Gasteiger partial charge >= 0.3 is 0 Å². The van der Waals surface area contributed by atoms with Crippen LogP contribution in [0.4, 0.5) is 0 Å². The van der Waals surface area contributed by atoms with Gasteiger partial charge in [0.2, 0.25) is 5.91 Å². The summed E-state index contributed by atoms with van der Waals surface area (Å²) < 4.78 is 0. The molecule has 13 heavy (non-hydrogen) atoms. The summed E-state index contributed by atoms with van der Waals surface area (Å²) in [4.78, 5) is 11.1. The molecule has 0 bridgehead atoms. The lowest BCUT2D eigenvalue weighted by Gasteiger charge is -2.10. The Morgan fingerprint density at radius 2 is 2.46 bits per heavy atom. The number of hydrogen-bond acceptors (Lipinski definition) is 2. The summed E-state index contributed by atoms with van der Waals surface area (Å²) >= 11 is 0. The van der Waals surface area contributed by atoms with E-state index in [1.165, 1.54) is 12.8 Å². The van der Waals surface area contributed by atoms with Crippen LogP contribution in [0.15, 0.2) is 0 Å². The molecular formula is C10H20N2O. The highest BCUT2D eigenvalue weighted by Crippen LogP contribution is 2.07. The number of carbonyl (C=O) groups is 1. The van der Waals surface area contributed by atoms with Crippen LogP contribution in [0.25, 0.3) is 0 Å². The lowest BCUT2D eigenvalue weighted by atomic mass is 10.1. The van der Waals surface area contributed by atoms with E-state index in [0.717, 1.165) is 25.9 Å². The molecule has 1 saturated heterocycles. The molecule has 0 aromatic carbocycles. The predicted octanol–water partition coefficient (Wildman–Crippen LogP) is 1.04. The van der Waals surface area contributed by atoms with Gasteiger partial charge in [0.1, 0.15) is 0 Å². The van der Waals surface area contributed by atoms with E-state index in [9.17, 15) is 4.79 Å². The first kappa shape index (κ1) is 10.5. The van der Waals surface area contributed by atoms with Gasteiger partial charge in [0.05, 0.1) is 0 Å². The molecule has 0 unspecified atom stereocenters. The summed E-state index contributed by atoms with van der Waals surface area (Å²) in [6.45, 7) is 4.00. The predicted molar refractivity (Wildman–Crippen MR) is 53.6 cm³/mol. The molecular weight excluding hydrogens is 164 g/mol. The van der Waals surface area contributed by atoms with E-state index in [-0.39, 0.29) is 5.91 Å². The summed E-state index contributed by atoms with van der Waals surface area (Å²) in [5.41, 5.74) is 0. The minimum absolute atomic E-state index is 0.195. The molecule has 1 heterocycles. The van der Waals surface area contributed by atoms with Gasteiger partial charge in [-0.25, -0.2) is 0 Å². The van der Waals surface area contributed by atoms with Crippen LogP contribution in [0, 0.1) is 0 Å². The Balaban J connectivity index is 1.96. The first-order chi connectivity index (χ1) is 6.33. The van der Waals surface area contributed by atoms with Gasteiger partial charge in [-0.15, -0.1) is 0 Å². The fourth-order valence-electron chi connectivity index (χ4n) is 1.70.